The topological polar surface area (TPSA) is 74.3 Å². The van der Waals surface area contributed by atoms with Crippen LogP contribution in [0.1, 0.15) is 19.8 Å². The van der Waals surface area contributed by atoms with Gasteiger partial charge in [-0.2, -0.15) is 0 Å². The minimum absolute atomic E-state index is 0.0897. The van der Waals surface area contributed by atoms with Crippen molar-refractivity contribution >= 4 is 11.7 Å². The number of pyridine rings is 1. The summed E-state index contributed by atoms with van der Waals surface area (Å²) < 4.78 is 6.18. The molecule has 0 spiro atoms. The van der Waals surface area contributed by atoms with Crippen LogP contribution in [0.5, 0.6) is 0 Å². The van der Waals surface area contributed by atoms with Crippen molar-refractivity contribution < 1.29 is 9.53 Å². The van der Waals surface area contributed by atoms with Crippen molar-refractivity contribution in [1.29, 1.82) is 0 Å². The van der Waals surface area contributed by atoms with Crippen molar-refractivity contribution in [3.05, 3.63) is 28.7 Å². The Kier molecular flexibility index (Phi) is 4.57. The number of nitrogens with zero attached hydrogens (tertiary/aromatic N) is 1. The molecule has 0 unspecified atom stereocenters. The summed E-state index contributed by atoms with van der Waals surface area (Å²) in [5.41, 5.74) is 5.70. The standard InChI is InChI=1S/C11H16N2O3/c1-2-3-6-16-11(15)8-13-7-9(12)4-5-10(13)14/h4-5,7H,2-3,6,8,12H2,1H3. The molecule has 1 aromatic rings. The number of aromatic nitrogens is 1. The molecule has 0 amide bonds. The molecule has 0 aliphatic heterocycles. The molecule has 0 fully saturated rings. The summed E-state index contributed by atoms with van der Waals surface area (Å²) in [5.74, 6) is -0.416. The van der Waals surface area contributed by atoms with Gasteiger partial charge in [-0.1, -0.05) is 13.3 Å². The van der Waals surface area contributed by atoms with Crippen molar-refractivity contribution in [1.82, 2.24) is 4.57 Å². The maximum absolute atomic E-state index is 11.3. The highest BCUT2D eigenvalue weighted by atomic mass is 16.5. The molecule has 0 bridgehead atoms. The van der Waals surface area contributed by atoms with Crippen LogP contribution in [-0.4, -0.2) is 17.1 Å². The van der Waals surface area contributed by atoms with Gasteiger partial charge >= 0.3 is 5.97 Å². The average Bonchev–Trinajstić information content (AvgIpc) is 2.24. The van der Waals surface area contributed by atoms with Gasteiger partial charge in [-0.3, -0.25) is 9.59 Å². The smallest absolute Gasteiger partial charge is 0.326 e. The van der Waals surface area contributed by atoms with Gasteiger partial charge in [0.25, 0.3) is 5.56 Å². The third-order valence-electron chi connectivity index (χ3n) is 2.07. The fourth-order valence-corrected chi connectivity index (χ4v) is 1.19. The molecule has 0 radical (unpaired) electrons. The van der Waals surface area contributed by atoms with Crippen molar-refractivity contribution in [3.8, 4) is 0 Å². The Hall–Kier alpha value is -1.78. The van der Waals surface area contributed by atoms with Gasteiger partial charge in [0.1, 0.15) is 6.54 Å². The first-order valence-electron chi connectivity index (χ1n) is 5.25. The van der Waals surface area contributed by atoms with E-state index in [0.29, 0.717) is 12.3 Å². The van der Waals surface area contributed by atoms with Gasteiger partial charge in [-0.25, -0.2) is 0 Å². The van der Waals surface area contributed by atoms with E-state index in [9.17, 15) is 9.59 Å². The third kappa shape index (κ3) is 3.76. The lowest BCUT2D eigenvalue weighted by Crippen LogP contribution is -2.24. The lowest BCUT2D eigenvalue weighted by atomic mass is 10.4. The second kappa shape index (κ2) is 5.95. The fraction of sp³-hybridized carbons (Fsp3) is 0.455. The van der Waals surface area contributed by atoms with Crippen LogP contribution in [0.4, 0.5) is 5.69 Å². The van der Waals surface area contributed by atoms with Crippen molar-refractivity contribution in [3.63, 3.8) is 0 Å². The summed E-state index contributed by atoms with van der Waals surface area (Å²) in [6.07, 6.45) is 3.23. The summed E-state index contributed by atoms with van der Waals surface area (Å²) in [7, 11) is 0. The number of nitrogens with two attached hydrogens (primary N) is 1. The van der Waals surface area contributed by atoms with Crippen LogP contribution in [0.3, 0.4) is 0 Å². The van der Waals surface area contributed by atoms with Gasteiger partial charge in [0.15, 0.2) is 0 Å². The van der Waals surface area contributed by atoms with Crippen LogP contribution in [0, 0.1) is 0 Å². The largest absolute Gasteiger partial charge is 0.464 e. The van der Waals surface area contributed by atoms with Gasteiger partial charge in [0, 0.05) is 18.0 Å². The van der Waals surface area contributed by atoms with Crippen molar-refractivity contribution in [2.75, 3.05) is 12.3 Å². The molecule has 88 valence electrons. The van der Waals surface area contributed by atoms with Gasteiger partial charge in [0.05, 0.1) is 6.61 Å². The normalized spacial score (nSPS) is 10.1. The molecule has 5 heteroatoms. The lowest BCUT2D eigenvalue weighted by molar-refractivity contribution is -0.144. The minimum atomic E-state index is -0.416. The number of carbonyl (C=O) groups excluding carboxylic acids is 1. The zero-order valence-electron chi connectivity index (χ0n) is 9.31. The molecular formula is C11H16N2O3. The molecule has 0 saturated carbocycles. The molecule has 0 aliphatic rings. The van der Waals surface area contributed by atoms with Crippen LogP contribution in [0.25, 0.3) is 0 Å². The highest BCUT2D eigenvalue weighted by Crippen LogP contribution is 1.97. The zero-order valence-corrected chi connectivity index (χ0v) is 9.31. The highest BCUT2D eigenvalue weighted by molar-refractivity contribution is 5.69. The first kappa shape index (κ1) is 12.3. The number of ether oxygens (including phenoxy) is 1. The fourth-order valence-electron chi connectivity index (χ4n) is 1.19. The second-order valence-corrected chi connectivity index (χ2v) is 3.50. The van der Waals surface area contributed by atoms with Crippen LogP contribution in [0.2, 0.25) is 0 Å². The molecule has 0 saturated heterocycles. The monoisotopic (exact) mass is 224 g/mol. The second-order valence-electron chi connectivity index (χ2n) is 3.50. The zero-order chi connectivity index (χ0) is 12.0. The van der Waals surface area contributed by atoms with Crippen molar-refractivity contribution in [2.45, 2.75) is 26.3 Å². The van der Waals surface area contributed by atoms with Gasteiger partial charge in [-0.05, 0) is 12.5 Å². The van der Waals surface area contributed by atoms with Crippen LogP contribution < -0.4 is 11.3 Å². The molecule has 16 heavy (non-hydrogen) atoms. The maximum atomic E-state index is 11.3. The molecule has 5 nitrogen and oxygen atoms in total. The average molecular weight is 224 g/mol. The van der Waals surface area contributed by atoms with Crippen LogP contribution >= 0.6 is 0 Å². The van der Waals surface area contributed by atoms with E-state index in [1.54, 1.807) is 0 Å². The van der Waals surface area contributed by atoms with E-state index < -0.39 is 5.97 Å². The lowest BCUT2D eigenvalue weighted by Gasteiger charge is -2.06. The quantitative estimate of drug-likeness (QED) is 0.592. The minimum Gasteiger partial charge on any atom is -0.464 e. The molecule has 0 aromatic carbocycles. The Bertz CT molecular complexity index is 412. The van der Waals surface area contributed by atoms with E-state index in [2.05, 4.69) is 0 Å². The molecule has 1 heterocycles. The molecule has 0 atom stereocenters. The maximum Gasteiger partial charge on any atom is 0.326 e. The van der Waals surface area contributed by atoms with E-state index in [1.165, 1.54) is 22.9 Å². The molecule has 0 aliphatic carbocycles. The number of nitrogen functional groups attached to an aromatic ring is 1. The number of unbranched alkanes of at least 4 members (excludes halogenated alkanes) is 1. The van der Waals surface area contributed by atoms with Crippen LogP contribution in [-0.2, 0) is 16.1 Å². The number of carbonyl (C=O) groups is 1. The molecule has 1 rings (SSSR count). The Balaban J connectivity index is 2.56. The highest BCUT2D eigenvalue weighted by Gasteiger charge is 2.05. The van der Waals surface area contributed by atoms with E-state index >= 15 is 0 Å². The summed E-state index contributed by atoms with van der Waals surface area (Å²) in [4.78, 5) is 22.7. The Morgan fingerprint density at radius 3 is 2.94 bits per heavy atom. The number of hydrogen-bond donors (Lipinski definition) is 1. The molecule has 1 aromatic heterocycles. The van der Waals surface area contributed by atoms with Gasteiger partial charge in [-0.15, -0.1) is 0 Å². The molecular weight excluding hydrogens is 208 g/mol. The summed E-state index contributed by atoms with van der Waals surface area (Å²) in [6, 6.07) is 2.83. The first-order chi connectivity index (χ1) is 7.63. The number of hydrogen-bond acceptors (Lipinski definition) is 4. The SMILES string of the molecule is CCCCOC(=O)Cn1cc(N)ccc1=O. The van der Waals surface area contributed by atoms with E-state index in [1.807, 2.05) is 6.92 Å². The Morgan fingerprint density at radius 2 is 2.25 bits per heavy atom. The third-order valence-corrected chi connectivity index (χ3v) is 2.07. The number of anilines is 1. The first-order valence-corrected chi connectivity index (χ1v) is 5.25. The summed E-state index contributed by atoms with van der Waals surface area (Å²) in [5, 5.41) is 0. The molecule has 2 N–H and O–H groups in total. The Labute approximate surface area is 93.8 Å². The van der Waals surface area contributed by atoms with Gasteiger partial charge < -0.3 is 15.0 Å². The summed E-state index contributed by atoms with van der Waals surface area (Å²) in [6.45, 7) is 2.32. The Morgan fingerprint density at radius 1 is 1.50 bits per heavy atom. The van der Waals surface area contributed by atoms with Gasteiger partial charge in [0.2, 0.25) is 0 Å². The van der Waals surface area contributed by atoms with Crippen LogP contribution in [0.15, 0.2) is 23.1 Å². The van der Waals surface area contributed by atoms with E-state index in [-0.39, 0.29) is 12.1 Å². The summed E-state index contributed by atoms with van der Waals surface area (Å²) >= 11 is 0. The van der Waals surface area contributed by atoms with E-state index in [4.69, 9.17) is 10.5 Å². The predicted molar refractivity (Wildman–Crippen MR) is 61.0 cm³/mol. The predicted octanol–water partition coefficient (Wildman–Crippen LogP) is 0.774. The van der Waals surface area contributed by atoms with Crippen molar-refractivity contribution in [2.24, 2.45) is 0 Å². The number of esters is 1. The van der Waals surface area contributed by atoms with E-state index in [0.717, 1.165) is 12.8 Å². The number of rotatable bonds is 5.